The van der Waals surface area contributed by atoms with Gasteiger partial charge in [0, 0.05) is 0 Å². The third-order valence-electron chi connectivity index (χ3n) is 6.63. The Morgan fingerprint density at radius 3 is 1.97 bits per heavy atom. The number of hydrogen-bond donors (Lipinski definition) is 1. The molecule has 4 saturated carbocycles. The lowest BCUT2D eigenvalue weighted by Gasteiger charge is -2.59. The molecule has 0 spiro atoms. The third-order valence-corrected chi connectivity index (χ3v) is 7.35. The van der Waals surface area contributed by atoms with Crippen LogP contribution in [0.2, 0.25) is 0 Å². The number of hydrogen-bond acceptors (Lipinski definition) is 6. The van der Waals surface area contributed by atoms with E-state index in [0.29, 0.717) is 11.8 Å². The first-order chi connectivity index (χ1) is 13.3. The molecule has 7 nitrogen and oxygen atoms in total. The molecule has 0 radical (unpaired) electrons. The maximum atomic E-state index is 12.8. The molecular weight excluding hydrogens is 417 g/mol. The van der Waals surface area contributed by atoms with Gasteiger partial charge in [-0.3, -0.25) is 14.1 Å². The van der Waals surface area contributed by atoms with Crippen LogP contribution in [0.5, 0.6) is 0 Å². The van der Waals surface area contributed by atoms with Crippen molar-refractivity contribution >= 4 is 22.1 Å². The van der Waals surface area contributed by atoms with E-state index in [0.717, 1.165) is 25.7 Å². The van der Waals surface area contributed by atoms with E-state index in [-0.39, 0.29) is 11.8 Å². The van der Waals surface area contributed by atoms with Gasteiger partial charge in [-0.2, -0.15) is 21.6 Å². The van der Waals surface area contributed by atoms with Crippen molar-refractivity contribution in [2.75, 3.05) is 5.75 Å². The van der Waals surface area contributed by atoms with Gasteiger partial charge < -0.3 is 9.47 Å². The highest BCUT2D eigenvalue weighted by molar-refractivity contribution is 7.85. The molecule has 4 bridgehead atoms. The molecule has 0 aromatic carbocycles. The summed E-state index contributed by atoms with van der Waals surface area (Å²) in [5.74, 6) is -2.00. The standard InChI is InChI=1S/C18H25F3O7S/c1-17(12-5-10-4-11(7-12)8-13(17)6-10)28-16(23)3-2-15(22)27-14(18(19,20)21)9-29(24,25)26/h10-14H,2-9H2,1H3,(H,24,25,26). The molecule has 0 heterocycles. The molecule has 4 fully saturated rings. The molecule has 29 heavy (non-hydrogen) atoms. The molecule has 0 amide bonds. The van der Waals surface area contributed by atoms with Gasteiger partial charge in [0.15, 0.2) is 0 Å². The second-order valence-electron chi connectivity index (χ2n) is 8.73. The lowest BCUT2D eigenvalue weighted by atomic mass is 9.50. The Kier molecular flexibility index (Phi) is 5.94. The first-order valence-corrected chi connectivity index (χ1v) is 11.3. The zero-order valence-corrected chi connectivity index (χ0v) is 16.8. The van der Waals surface area contributed by atoms with Crippen LogP contribution < -0.4 is 0 Å². The van der Waals surface area contributed by atoms with Gasteiger partial charge in [-0.15, -0.1) is 0 Å². The second kappa shape index (κ2) is 7.72. The summed E-state index contributed by atoms with van der Waals surface area (Å²) in [6.07, 6.45) is -4.06. The van der Waals surface area contributed by atoms with Crippen LogP contribution in [0, 0.1) is 23.7 Å². The van der Waals surface area contributed by atoms with Crippen molar-refractivity contribution < 1.29 is 45.2 Å². The van der Waals surface area contributed by atoms with Crippen molar-refractivity contribution in [3.63, 3.8) is 0 Å². The van der Waals surface area contributed by atoms with Crippen LogP contribution in [-0.4, -0.2) is 48.5 Å². The summed E-state index contributed by atoms with van der Waals surface area (Å²) in [4.78, 5) is 24.0. The molecular formula is C18H25F3O7S. The fourth-order valence-corrected chi connectivity index (χ4v) is 6.03. The van der Waals surface area contributed by atoms with Crippen LogP contribution in [0.25, 0.3) is 0 Å². The van der Waals surface area contributed by atoms with E-state index in [1.54, 1.807) is 0 Å². The maximum absolute atomic E-state index is 12.8. The number of carbonyl (C=O) groups excluding carboxylic acids is 2. The Balaban J connectivity index is 1.52. The zero-order chi connectivity index (χ0) is 21.6. The zero-order valence-electron chi connectivity index (χ0n) is 16.0. The van der Waals surface area contributed by atoms with Gasteiger partial charge in [0.2, 0.25) is 6.10 Å². The van der Waals surface area contributed by atoms with E-state index < -0.39 is 58.5 Å². The highest BCUT2D eigenvalue weighted by Gasteiger charge is 2.57. The van der Waals surface area contributed by atoms with E-state index in [2.05, 4.69) is 4.74 Å². The first kappa shape index (κ1) is 22.3. The molecule has 0 aromatic rings. The summed E-state index contributed by atoms with van der Waals surface area (Å²) >= 11 is 0. The lowest BCUT2D eigenvalue weighted by Crippen LogP contribution is -2.58. The number of carbonyl (C=O) groups is 2. The normalized spacial score (nSPS) is 34.7. The SMILES string of the molecule is CC1(OC(=O)CCC(=O)OC(CS(=O)(=O)O)C(F)(F)F)C2CC3CC(C2)CC1C3. The predicted octanol–water partition coefficient (Wildman–Crippen LogP) is 2.89. The smallest absolute Gasteiger partial charge is 0.426 e. The largest absolute Gasteiger partial charge is 0.459 e. The molecule has 4 rings (SSSR count). The molecule has 1 atom stereocenters. The van der Waals surface area contributed by atoms with Gasteiger partial charge in [0.05, 0.1) is 12.8 Å². The molecule has 11 heteroatoms. The second-order valence-corrected chi connectivity index (χ2v) is 10.2. The average molecular weight is 442 g/mol. The number of halogens is 3. The van der Waals surface area contributed by atoms with Crippen molar-refractivity contribution in [1.29, 1.82) is 0 Å². The van der Waals surface area contributed by atoms with Crippen LogP contribution in [0.15, 0.2) is 0 Å². The minimum absolute atomic E-state index is 0.263. The number of esters is 2. The fraction of sp³-hybridized carbons (Fsp3) is 0.889. The van der Waals surface area contributed by atoms with Crippen molar-refractivity contribution in [1.82, 2.24) is 0 Å². The van der Waals surface area contributed by atoms with E-state index in [1.807, 2.05) is 6.92 Å². The summed E-state index contributed by atoms with van der Waals surface area (Å²) < 4.78 is 78.2. The molecule has 4 aliphatic rings. The van der Waals surface area contributed by atoms with Gasteiger partial charge in [-0.1, -0.05) is 0 Å². The average Bonchev–Trinajstić information content (AvgIpc) is 2.55. The third kappa shape index (κ3) is 5.22. The van der Waals surface area contributed by atoms with Crippen LogP contribution >= 0.6 is 0 Å². The van der Waals surface area contributed by atoms with Gasteiger partial charge in [0.1, 0.15) is 11.4 Å². The Hall–Kier alpha value is -1.36. The van der Waals surface area contributed by atoms with Crippen LogP contribution in [0.4, 0.5) is 13.2 Å². The van der Waals surface area contributed by atoms with Crippen LogP contribution in [0.3, 0.4) is 0 Å². The van der Waals surface area contributed by atoms with Crippen molar-refractivity contribution in [2.24, 2.45) is 23.7 Å². The fourth-order valence-electron chi connectivity index (χ4n) is 5.39. The highest BCUT2D eigenvalue weighted by Crippen LogP contribution is 2.59. The van der Waals surface area contributed by atoms with Gasteiger partial charge >= 0.3 is 18.1 Å². The molecule has 0 aromatic heterocycles. The number of ether oxygens (including phenoxy) is 2. The maximum Gasteiger partial charge on any atom is 0.426 e. The molecule has 1 N–H and O–H groups in total. The van der Waals surface area contributed by atoms with Gasteiger partial charge in [-0.25, -0.2) is 0 Å². The summed E-state index contributed by atoms with van der Waals surface area (Å²) in [7, 11) is -5.01. The summed E-state index contributed by atoms with van der Waals surface area (Å²) in [5, 5.41) is 0. The van der Waals surface area contributed by atoms with Crippen LogP contribution in [-0.2, 0) is 29.2 Å². The summed E-state index contributed by atoms with van der Waals surface area (Å²) in [6, 6.07) is 0. The van der Waals surface area contributed by atoms with Gasteiger partial charge in [-0.05, 0) is 62.7 Å². The predicted molar refractivity (Wildman–Crippen MR) is 93.1 cm³/mol. The number of rotatable bonds is 7. The van der Waals surface area contributed by atoms with Crippen molar-refractivity contribution in [3.8, 4) is 0 Å². The quantitative estimate of drug-likeness (QED) is 0.477. The highest BCUT2D eigenvalue weighted by atomic mass is 32.2. The molecule has 4 aliphatic carbocycles. The Labute approximate surface area is 167 Å². The number of alkyl halides is 3. The first-order valence-electron chi connectivity index (χ1n) is 9.69. The van der Waals surface area contributed by atoms with E-state index in [1.165, 1.54) is 6.42 Å². The van der Waals surface area contributed by atoms with E-state index >= 15 is 0 Å². The Bertz CT molecular complexity index is 734. The topological polar surface area (TPSA) is 107 Å². The summed E-state index contributed by atoms with van der Waals surface area (Å²) in [6.45, 7) is 1.90. The van der Waals surface area contributed by atoms with Crippen LogP contribution in [0.1, 0.15) is 51.9 Å². The Morgan fingerprint density at radius 2 is 1.52 bits per heavy atom. The molecule has 0 saturated heterocycles. The minimum atomic E-state index is -5.17. The van der Waals surface area contributed by atoms with Crippen molar-refractivity contribution in [3.05, 3.63) is 0 Å². The van der Waals surface area contributed by atoms with Crippen molar-refractivity contribution in [2.45, 2.75) is 69.8 Å². The summed E-state index contributed by atoms with van der Waals surface area (Å²) in [5.41, 5.74) is -0.617. The molecule has 1 unspecified atom stereocenters. The molecule has 0 aliphatic heterocycles. The lowest BCUT2D eigenvalue weighted by molar-refractivity contribution is -0.216. The molecule has 166 valence electrons. The minimum Gasteiger partial charge on any atom is -0.459 e. The van der Waals surface area contributed by atoms with E-state index in [4.69, 9.17) is 9.29 Å². The van der Waals surface area contributed by atoms with Gasteiger partial charge in [0.25, 0.3) is 10.1 Å². The monoisotopic (exact) mass is 442 g/mol. The van der Waals surface area contributed by atoms with E-state index in [9.17, 15) is 31.2 Å². The Morgan fingerprint density at radius 1 is 1.03 bits per heavy atom.